The first kappa shape index (κ1) is 14.4. The topological polar surface area (TPSA) is 98.1 Å². The fraction of sp³-hybridized carbons (Fsp3) is 0.143. The molecule has 7 nitrogen and oxygen atoms in total. The lowest BCUT2D eigenvalue weighted by Crippen LogP contribution is -1.99. The molecule has 0 unspecified atom stereocenters. The number of methoxy groups -OCH3 is 2. The summed E-state index contributed by atoms with van der Waals surface area (Å²) < 4.78 is 10.3. The molecule has 7 heteroatoms. The summed E-state index contributed by atoms with van der Waals surface area (Å²) in [6.45, 7) is 0. The summed E-state index contributed by atoms with van der Waals surface area (Å²) in [6, 6.07) is 6.34. The highest BCUT2D eigenvalue weighted by Gasteiger charge is 2.14. The maximum Gasteiger partial charge on any atom is 0.338 e. The minimum absolute atomic E-state index is 0.211. The number of nitroso groups, excluding NO2 is 1. The van der Waals surface area contributed by atoms with Gasteiger partial charge in [-0.25, -0.2) is 4.79 Å². The molecule has 0 aliphatic rings. The second-order valence-corrected chi connectivity index (χ2v) is 4.08. The number of nitrogens with zero attached hydrogens (tertiary/aromatic N) is 2. The van der Waals surface area contributed by atoms with Gasteiger partial charge in [0.25, 0.3) is 0 Å². The SMILES string of the molecule is COc1cc(OC)cc(-c2cc(C(=O)O)c(N=O)cn2)c1. The molecule has 0 atom stereocenters. The molecule has 0 aliphatic heterocycles. The molecule has 0 saturated heterocycles. The van der Waals surface area contributed by atoms with Crippen molar-refractivity contribution in [2.24, 2.45) is 5.18 Å². The van der Waals surface area contributed by atoms with Crippen LogP contribution in [0.1, 0.15) is 10.4 Å². The minimum atomic E-state index is -1.25. The van der Waals surface area contributed by atoms with Crippen LogP contribution >= 0.6 is 0 Å². The lowest BCUT2D eigenvalue weighted by molar-refractivity contribution is 0.0697. The predicted molar refractivity (Wildman–Crippen MR) is 75.2 cm³/mol. The second-order valence-electron chi connectivity index (χ2n) is 4.08. The normalized spacial score (nSPS) is 10.0. The van der Waals surface area contributed by atoms with E-state index >= 15 is 0 Å². The van der Waals surface area contributed by atoms with Crippen LogP contribution in [0.2, 0.25) is 0 Å². The Balaban J connectivity index is 2.58. The molecule has 0 aliphatic carbocycles. The van der Waals surface area contributed by atoms with E-state index in [0.717, 1.165) is 6.20 Å². The quantitative estimate of drug-likeness (QED) is 0.849. The van der Waals surface area contributed by atoms with Crippen molar-refractivity contribution in [1.29, 1.82) is 0 Å². The lowest BCUT2D eigenvalue weighted by Gasteiger charge is -2.09. The number of rotatable bonds is 5. The number of pyridine rings is 1. The molecular weight excluding hydrogens is 276 g/mol. The number of hydrogen-bond donors (Lipinski definition) is 1. The highest BCUT2D eigenvalue weighted by atomic mass is 16.5. The van der Waals surface area contributed by atoms with Gasteiger partial charge in [-0.3, -0.25) is 4.98 Å². The van der Waals surface area contributed by atoms with Crippen molar-refractivity contribution in [3.63, 3.8) is 0 Å². The standard InChI is InChI=1S/C14H12N2O5/c1-20-9-3-8(4-10(5-9)21-2)12-6-11(14(17)18)13(16-19)7-15-12/h3-7H,1-2H3,(H,17,18). The highest BCUT2D eigenvalue weighted by molar-refractivity contribution is 5.94. The zero-order valence-corrected chi connectivity index (χ0v) is 11.4. The van der Waals surface area contributed by atoms with Gasteiger partial charge in [0, 0.05) is 11.6 Å². The molecule has 2 aromatic rings. The summed E-state index contributed by atoms with van der Waals surface area (Å²) in [5, 5.41) is 11.7. The summed E-state index contributed by atoms with van der Waals surface area (Å²) in [5.41, 5.74) is 0.543. The van der Waals surface area contributed by atoms with Crippen LogP contribution in [0.5, 0.6) is 11.5 Å². The Hall–Kier alpha value is -2.96. The zero-order chi connectivity index (χ0) is 15.4. The number of hydrogen-bond acceptors (Lipinski definition) is 6. The first-order valence-electron chi connectivity index (χ1n) is 5.89. The molecule has 1 aromatic carbocycles. The molecule has 1 heterocycles. The summed E-state index contributed by atoms with van der Waals surface area (Å²) in [7, 11) is 3.02. The van der Waals surface area contributed by atoms with Gasteiger partial charge >= 0.3 is 5.97 Å². The van der Waals surface area contributed by atoms with Gasteiger partial charge in [0.15, 0.2) is 0 Å². The van der Waals surface area contributed by atoms with Gasteiger partial charge in [0.2, 0.25) is 0 Å². The van der Waals surface area contributed by atoms with Gasteiger partial charge in [0.05, 0.1) is 31.7 Å². The van der Waals surface area contributed by atoms with E-state index in [1.165, 1.54) is 20.3 Å². The molecule has 0 saturated carbocycles. The van der Waals surface area contributed by atoms with Crippen LogP contribution in [0.3, 0.4) is 0 Å². The molecule has 0 amide bonds. The first-order valence-corrected chi connectivity index (χ1v) is 5.89. The van der Waals surface area contributed by atoms with Crippen LogP contribution in [0.15, 0.2) is 35.6 Å². The fourth-order valence-electron chi connectivity index (χ4n) is 1.81. The average Bonchev–Trinajstić information content (AvgIpc) is 2.53. The van der Waals surface area contributed by atoms with Gasteiger partial charge in [-0.2, -0.15) is 0 Å². The van der Waals surface area contributed by atoms with Crippen molar-refractivity contribution < 1.29 is 19.4 Å². The number of carboxylic acids is 1. The Morgan fingerprint density at radius 2 is 1.76 bits per heavy atom. The fourth-order valence-corrected chi connectivity index (χ4v) is 1.81. The van der Waals surface area contributed by atoms with Crippen molar-refractivity contribution >= 4 is 11.7 Å². The van der Waals surface area contributed by atoms with E-state index in [-0.39, 0.29) is 11.3 Å². The van der Waals surface area contributed by atoms with Crippen molar-refractivity contribution in [3.8, 4) is 22.8 Å². The van der Waals surface area contributed by atoms with Crippen LogP contribution in [-0.4, -0.2) is 30.3 Å². The maximum atomic E-state index is 11.1. The largest absolute Gasteiger partial charge is 0.497 e. The van der Waals surface area contributed by atoms with Crippen LogP contribution in [-0.2, 0) is 0 Å². The Morgan fingerprint density at radius 1 is 1.14 bits per heavy atom. The van der Waals surface area contributed by atoms with Crippen LogP contribution < -0.4 is 9.47 Å². The number of carboxylic acid groups (broad SMARTS) is 1. The predicted octanol–water partition coefficient (Wildman–Crippen LogP) is 2.86. The van der Waals surface area contributed by atoms with E-state index in [1.807, 2.05) is 0 Å². The molecule has 1 N–H and O–H groups in total. The van der Waals surface area contributed by atoms with Gasteiger partial charge < -0.3 is 14.6 Å². The molecular formula is C14H12N2O5. The first-order chi connectivity index (χ1) is 10.1. The van der Waals surface area contributed by atoms with Gasteiger partial charge in [0.1, 0.15) is 17.2 Å². The summed E-state index contributed by atoms with van der Waals surface area (Å²) in [4.78, 5) is 25.8. The van der Waals surface area contributed by atoms with E-state index in [1.54, 1.807) is 18.2 Å². The summed E-state index contributed by atoms with van der Waals surface area (Å²) >= 11 is 0. The van der Waals surface area contributed by atoms with Crippen molar-refractivity contribution in [3.05, 3.63) is 40.9 Å². The molecule has 0 radical (unpaired) electrons. The molecule has 0 spiro atoms. The highest BCUT2D eigenvalue weighted by Crippen LogP contribution is 2.30. The third-order valence-electron chi connectivity index (χ3n) is 2.86. The van der Waals surface area contributed by atoms with Crippen molar-refractivity contribution in [2.45, 2.75) is 0 Å². The van der Waals surface area contributed by atoms with E-state index in [2.05, 4.69) is 10.2 Å². The monoisotopic (exact) mass is 288 g/mol. The number of benzene rings is 1. The zero-order valence-electron chi connectivity index (χ0n) is 11.4. The number of aromatic carboxylic acids is 1. The number of aromatic nitrogens is 1. The average molecular weight is 288 g/mol. The smallest absolute Gasteiger partial charge is 0.338 e. The Labute approximate surface area is 120 Å². The minimum Gasteiger partial charge on any atom is -0.497 e. The van der Waals surface area contributed by atoms with E-state index in [0.29, 0.717) is 22.8 Å². The van der Waals surface area contributed by atoms with Crippen molar-refractivity contribution in [1.82, 2.24) is 4.98 Å². The van der Waals surface area contributed by atoms with Crippen LogP contribution in [0.4, 0.5) is 5.69 Å². The van der Waals surface area contributed by atoms with E-state index < -0.39 is 5.97 Å². The molecule has 1 aromatic heterocycles. The third-order valence-corrected chi connectivity index (χ3v) is 2.86. The lowest BCUT2D eigenvalue weighted by atomic mass is 10.1. The second kappa shape index (κ2) is 6.00. The van der Waals surface area contributed by atoms with Gasteiger partial charge in [-0.15, -0.1) is 4.91 Å². The van der Waals surface area contributed by atoms with Crippen LogP contribution in [0, 0.1) is 4.91 Å². The Kier molecular flexibility index (Phi) is 4.13. The third kappa shape index (κ3) is 2.97. The Bertz CT molecular complexity index is 678. The van der Waals surface area contributed by atoms with E-state index in [4.69, 9.17) is 14.6 Å². The molecule has 21 heavy (non-hydrogen) atoms. The molecule has 0 bridgehead atoms. The van der Waals surface area contributed by atoms with Gasteiger partial charge in [-0.1, -0.05) is 0 Å². The Morgan fingerprint density at radius 3 is 2.24 bits per heavy atom. The van der Waals surface area contributed by atoms with Crippen LogP contribution in [0.25, 0.3) is 11.3 Å². The summed E-state index contributed by atoms with van der Waals surface area (Å²) in [6.07, 6.45) is 1.12. The number of carbonyl (C=O) groups is 1. The molecule has 108 valence electrons. The molecule has 0 fully saturated rings. The number of ether oxygens (including phenoxy) is 2. The van der Waals surface area contributed by atoms with Crippen molar-refractivity contribution in [2.75, 3.05) is 14.2 Å². The maximum absolute atomic E-state index is 11.1. The van der Waals surface area contributed by atoms with E-state index in [9.17, 15) is 9.70 Å². The van der Waals surface area contributed by atoms with Gasteiger partial charge in [-0.05, 0) is 23.4 Å². The summed E-state index contributed by atoms with van der Waals surface area (Å²) in [5.74, 6) is -0.163. The molecule has 2 rings (SSSR count).